The van der Waals surface area contributed by atoms with Crippen molar-refractivity contribution in [3.05, 3.63) is 22.6 Å². The highest BCUT2D eigenvalue weighted by atomic mass is 16.5. The third-order valence-electron chi connectivity index (χ3n) is 2.58. The molecule has 1 rings (SSSR count). The summed E-state index contributed by atoms with van der Waals surface area (Å²) in [5.41, 5.74) is 5.75. The van der Waals surface area contributed by atoms with E-state index in [1.165, 1.54) is 10.7 Å². The van der Waals surface area contributed by atoms with Crippen LogP contribution in [0.25, 0.3) is 0 Å². The van der Waals surface area contributed by atoms with Gasteiger partial charge in [-0.3, -0.25) is 4.79 Å². The highest BCUT2D eigenvalue weighted by Crippen LogP contribution is 2.06. The monoisotopic (exact) mass is 256 g/mol. The van der Waals surface area contributed by atoms with Crippen molar-refractivity contribution < 1.29 is 9.84 Å². The minimum absolute atomic E-state index is 0.101. The van der Waals surface area contributed by atoms with E-state index < -0.39 is 6.10 Å². The molecule has 7 heteroatoms. The lowest BCUT2D eigenvalue weighted by Crippen LogP contribution is -2.33. The number of methoxy groups -OCH3 is 1. The Morgan fingerprint density at radius 2 is 2.39 bits per heavy atom. The molecule has 1 aromatic heterocycles. The van der Waals surface area contributed by atoms with Crippen LogP contribution < -0.4 is 16.2 Å². The number of hydrogen-bond donors (Lipinski definition) is 2. The van der Waals surface area contributed by atoms with E-state index in [1.54, 1.807) is 13.3 Å². The highest BCUT2D eigenvalue weighted by molar-refractivity contribution is 5.41. The molecule has 0 saturated carbocycles. The lowest BCUT2D eigenvalue weighted by molar-refractivity contribution is 0.155. The van der Waals surface area contributed by atoms with E-state index in [1.807, 2.05) is 11.9 Å². The van der Waals surface area contributed by atoms with Gasteiger partial charge < -0.3 is 20.5 Å². The van der Waals surface area contributed by atoms with Gasteiger partial charge in [0.15, 0.2) is 0 Å². The summed E-state index contributed by atoms with van der Waals surface area (Å²) in [6.45, 7) is 1.46. The molecule has 0 fully saturated rings. The van der Waals surface area contributed by atoms with Gasteiger partial charge in [0.2, 0.25) is 0 Å². The quantitative estimate of drug-likeness (QED) is 0.626. The number of anilines is 1. The maximum absolute atomic E-state index is 11.8. The lowest BCUT2D eigenvalue weighted by Gasteiger charge is -2.18. The van der Waals surface area contributed by atoms with E-state index in [2.05, 4.69) is 5.10 Å². The molecular weight excluding hydrogens is 236 g/mol. The van der Waals surface area contributed by atoms with Gasteiger partial charge in [0, 0.05) is 33.3 Å². The van der Waals surface area contributed by atoms with Gasteiger partial charge in [0.1, 0.15) is 0 Å². The number of hydrogen-bond acceptors (Lipinski definition) is 6. The molecule has 0 aliphatic heterocycles. The van der Waals surface area contributed by atoms with Gasteiger partial charge in [-0.15, -0.1) is 0 Å². The summed E-state index contributed by atoms with van der Waals surface area (Å²) in [6, 6.07) is 1.48. The van der Waals surface area contributed by atoms with Crippen LogP contribution in [0.3, 0.4) is 0 Å². The van der Waals surface area contributed by atoms with Crippen LogP contribution >= 0.6 is 0 Å². The Kier molecular flexibility index (Phi) is 5.76. The molecule has 0 aliphatic carbocycles. The third-order valence-corrected chi connectivity index (χ3v) is 2.58. The summed E-state index contributed by atoms with van der Waals surface area (Å²) >= 11 is 0. The van der Waals surface area contributed by atoms with Crippen LogP contribution in [-0.2, 0) is 11.3 Å². The number of nitrogens with zero attached hydrogens (tertiary/aromatic N) is 3. The van der Waals surface area contributed by atoms with Crippen LogP contribution in [0.15, 0.2) is 17.1 Å². The van der Waals surface area contributed by atoms with E-state index in [0.29, 0.717) is 13.2 Å². The molecule has 0 aliphatic rings. The third kappa shape index (κ3) is 4.10. The molecule has 7 nitrogen and oxygen atoms in total. The predicted octanol–water partition coefficient (Wildman–Crippen LogP) is -1.35. The Morgan fingerprint density at radius 3 is 2.94 bits per heavy atom. The first-order valence-electron chi connectivity index (χ1n) is 5.74. The number of nitrogens with two attached hydrogens (primary N) is 1. The zero-order chi connectivity index (χ0) is 13.5. The molecule has 18 heavy (non-hydrogen) atoms. The van der Waals surface area contributed by atoms with Gasteiger partial charge in [0.05, 0.1) is 31.1 Å². The van der Waals surface area contributed by atoms with Crippen molar-refractivity contribution in [1.29, 1.82) is 0 Å². The van der Waals surface area contributed by atoms with Crippen LogP contribution in [0.4, 0.5) is 5.69 Å². The van der Waals surface area contributed by atoms with Crippen molar-refractivity contribution in [3.63, 3.8) is 0 Å². The molecule has 1 heterocycles. The molecule has 0 radical (unpaired) electrons. The van der Waals surface area contributed by atoms with Crippen LogP contribution in [0.5, 0.6) is 0 Å². The number of aliphatic hydroxyl groups excluding tert-OH is 1. The van der Waals surface area contributed by atoms with Gasteiger partial charge in [0.25, 0.3) is 5.56 Å². The Bertz CT molecular complexity index is 421. The highest BCUT2D eigenvalue weighted by Gasteiger charge is 2.07. The second-order valence-electron chi connectivity index (χ2n) is 4.04. The molecule has 1 unspecified atom stereocenters. The van der Waals surface area contributed by atoms with Gasteiger partial charge in [-0.05, 0) is 0 Å². The Labute approximate surface area is 106 Å². The molecule has 0 bridgehead atoms. The van der Waals surface area contributed by atoms with Crippen molar-refractivity contribution in [3.8, 4) is 0 Å². The van der Waals surface area contributed by atoms with E-state index in [4.69, 9.17) is 10.5 Å². The fourth-order valence-electron chi connectivity index (χ4n) is 1.40. The van der Waals surface area contributed by atoms with Gasteiger partial charge >= 0.3 is 0 Å². The van der Waals surface area contributed by atoms with Crippen LogP contribution in [0.1, 0.15) is 0 Å². The molecular formula is C11H20N4O3. The summed E-state index contributed by atoms with van der Waals surface area (Å²) in [7, 11) is 3.48. The standard InChI is InChI=1S/C11H20N4O3/c1-14(3-4-18-2)9-5-11(17)15(13-7-9)8-10(16)6-12/h5,7,10,16H,3-4,6,8,12H2,1-2H3. The first-order chi connectivity index (χ1) is 8.58. The summed E-state index contributed by atoms with van der Waals surface area (Å²) < 4.78 is 6.16. The average molecular weight is 256 g/mol. The molecule has 0 amide bonds. The lowest BCUT2D eigenvalue weighted by atomic mass is 10.3. The van der Waals surface area contributed by atoms with Crippen molar-refractivity contribution in [2.75, 3.05) is 38.8 Å². The number of aromatic nitrogens is 2. The Morgan fingerprint density at radius 1 is 1.67 bits per heavy atom. The molecule has 0 saturated heterocycles. The summed E-state index contributed by atoms with van der Waals surface area (Å²) in [5, 5.41) is 13.4. The maximum atomic E-state index is 11.8. The molecule has 0 spiro atoms. The summed E-state index contributed by atoms with van der Waals surface area (Å²) in [4.78, 5) is 13.6. The molecule has 1 atom stereocenters. The van der Waals surface area contributed by atoms with Crippen molar-refractivity contribution >= 4 is 5.69 Å². The number of rotatable bonds is 7. The average Bonchev–Trinajstić information content (AvgIpc) is 2.38. The normalized spacial score (nSPS) is 12.4. The zero-order valence-electron chi connectivity index (χ0n) is 10.7. The maximum Gasteiger partial charge on any atom is 0.268 e. The van der Waals surface area contributed by atoms with Crippen molar-refractivity contribution in [2.45, 2.75) is 12.6 Å². The first kappa shape index (κ1) is 14.6. The number of aliphatic hydroxyl groups is 1. The Hall–Kier alpha value is -1.44. The molecule has 1 aromatic rings. The number of ether oxygens (including phenoxy) is 1. The second kappa shape index (κ2) is 7.10. The zero-order valence-corrected chi connectivity index (χ0v) is 10.7. The van der Waals surface area contributed by atoms with E-state index in [0.717, 1.165) is 5.69 Å². The van der Waals surface area contributed by atoms with Crippen molar-refractivity contribution in [1.82, 2.24) is 9.78 Å². The Balaban J connectivity index is 2.75. The van der Waals surface area contributed by atoms with Crippen molar-refractivity contribution in [2.24, 2.45) is 5.73 Å². The summed E-state index contributed by atoms with van der Waals surface area (Å²) in [5.74, 6) is 0. The largest absolute Gasteiger partial charge is 0.390 e. The molecule has 3 N–H and O–H groups in total. The van der Waals surface area contributed by atoms with E-state index in [-0.39, 0.29) is 18.6 Å². The van der Waals surface area contributed by atoms with Crippen LogP contribution in [0.2, 0.25) is 0 Å². The predicted molar refractivity (Wildman–Crippen MR) is 68.7 cm³/mol. The minimum atomic E-state index is -0.757. The molecule has 0 aromatic carbocycles. The second-order valence-corrected chi connectivity index (χ2v) is 4.04. The fourth-order valence-corrected chi connectivity index (χ4v) is 1.40. The van der Waals surface area contributed by atoms with Gasteiger partial charge in [-0.1, -0.05) is 0 Å². The van der Waals surface area contributed by atoms with Gasteiger partial charge in [-0.25, -0.2) is 4.68 Å². The van der Waals surface area contributed by atoms with Crippen LogP contribution in [0, 0.1) is 0 Å². The first-order valence-corrected chi connectivity index (χ1v) is 5.74. The number of likely N-dealkylation sites (N-methyl/N-ethyl adjacent to an activating group) is 1. The topological polar surface area (TPSA) is 93.6 Å². The smallest absolute Gasteiger partial charge is 0.268 e. The minimum Gasteiger partial charge on any atom is -0.390 e. The van der Waals surface area contributed by atoms with E-state index >= 15 is 0 Å². The van der Waals surface area contributed by atoms with Crippen LogP contribution in [-0.4, -0.2) is 54.8 Å². The fraction of sp³-hybridized carbons (Fsp3) is 0.636. The van der Waals surface area contributed by atoms with E-state index in [9.17, 15) is 9.90 Å². The SMILES string of the molecule is COCCN(C)c1cnn(CC(O)CN)c(=O)c1. The molecule has 102 valence electrons. The van der Waals surface area contributed by atoms with Gasteiger partial charge in [-0.2, -0.15) is 5.10 Å². The summed E-state index contributed by atoms with van der Waals surface area (Å²) in [6.07, 6.45) is 0.826.